The Morgan fingerprint density at radius 2 is 2.21 bits per heavy atom. The minimum absolute atomic E-state index is 0.140. The molecule has 0 saturated heterocycles. The van der Waals surface area contributed by atoms with Crippen LogP contribution in [0.2, 0.25) is 0 Å². The van der Waals surface area contributed by atoms with E-state index in [4.69, 9.17) is 5.73 Å². The lowest BCUT2D eigenvalue weighted by Crippen LogP contribution is -2.42. The highest BCUT2D eigenvalue weighted by molar-refractivity contribution is 7.98. The van der Waals surface area contributed by atoms with E-state index in [1.807, 2.05) is 6.26 Å². The minimum atomic E-state index is -0.226. The molecule has 1 unspecified atom stereocenters. The average molecular weight is 218 g/mol. The lowest BCUT2D eigenvalue weighted by Gasteiger charge is -2.14. The number of primary amides is 1. The molecule has 14 heavy (non-hydrogen) atoms. The Balaban J connectivity index is 3.57. The zero-order valence-electron chi connectivity index (χ0n) is 9.21. The highest BCUT2D eigenvalue weighted by atomic mass is 32.2. The Kier molecular flexibility index (Phi) is 9.19. The fourth-order valence-electron chi connectivity index (χ4n) is 1.23. The first kappa shape index (κ1) is 13.8. The molecule has 0 aliphatic heterocycles. The van der Waals surface area contributed by atoms with E-state index in [2.05, 4.69) is 12.2 Å². The highest BCUT2D eigenvalue weighted by Gasteiger charge is 2.12. The summed E-state index contributed by atoms with van der Waals surface area (Å²) in [7, 11) is 0. The van der Waals surface area contributed by atoms with E-state index < -0.39 is 0 Å². The molecule has 0 spiro atoms. The molecule has 1 atom stereocenters. The summed E-state index contributed by atoms with van der Waals surface area (Å²) < 4.78 is 0. The van der Waals surface area contributed by atoms with Gasteiger partial charge in [0.25, 0.3) is 0 Å². The number of amides is 1. The van der Waals surface area contributed by atoms with E-state index in [9.17, 15) is 4.79 Å². The van der Waals surface area contributed by atoms with Crippen LogP contribution in [0, 0.1) is 0 Å². The van der Waals surface area contributed by atoms with Crippen molar-refractivity contribution in [1.82, 2.24) is 5.32 Å². The van der Waals surface area contributed by atoms with Crippen LogP contribution in [0.5, 0.6) is 0 Å². The van der Waals surface area contributed by atoms with Crippen LogP contribution in [-0.4, -0.2) is 30.5 Å². The zero-order chi connectivity index (χ0) is 10.8. The summed E-state index contributed by atoms with van der Waals surface area (Å²) in [6, 6.07) is -0.140. The normalized spacial score (nSPS) is 12.7. The van der Waals surface area contributed by atoms with E-state index in [1.54, 1.807) is 11.8 Å². The second-order valence-corrected chi connectivity index (χ2v) is 4.38. The fourth-order valence-corrected chi connectivity index (χ4v) is 1.70. The molecule has 0 fully saturated rings. The van der Waals surface area contributed by atoms with Gasteiger partial charge < -0.3 is 11.1 Å². The summed E-state index contributed by atoms with van der Waals surface area (Å²) in [6.45, 7) is 3.06. The van der Waals surface area contributed by atoms with E-state index in [-0.39, 0.29) is 11.9 Å². The number of thioether (sulfide) groups is 1. The molecule has 0 aromatic heterocycles. The van der Waals surface area contributed by atoms with Gasteiger partial charge in [-0.3, -0.25) is 4.79 Å². The van der Waals surface area contributed by atoms with E-state index in [1.165, 1.54) is 12.8 Å². The predicted molar refractivity (Wildman–Crippen MR) is 63.5 cm³/mol. The zero-order valence-corrected chi connectivity index (χ0v) is 10.0. The van der Waals surface area contributed by atoms with Gasteiger partial charge in [-0.2, -0.15) is 11.8 Å². The fraction of sp³-hybridized carbons (Fsp3) is 0.900. The Morgan fingerprint density at radius 3 is 2.71 bits per heavy atom. The van der Waals surface area contributed by atoms with Crippen molar-refractivity contribution >= 4 is 17.7 Å². The first-order valence-electron chi connectivity index (χ1n) is 5.24. The van der Waals surface area contributed by atoms with Crippen molar-refractivity contribution in [2.24, 2.45) is 5.73 Å². The summed E-state index contributed by atoms with van der Waals surface area (Å²) >= 11 is 1.74. The summed E-state index contributed by atoms with van der Waals surface area (Å²) in [4.78, 5) is 11.0. The number of rotatable bonds is 9. The second kappa shape index (κ2) is 9.34. The van der Waals surface area contributed by atoms with Gasteiger partial charge in [-0.15, -0.1) is 0 Å². The van der Waals surface area contributed by atoms with Crippen LogP contribution in [0.25, 0.3) is 0 Å². The molecule has 0 aromatic rings. The van der Waals surface area contributed by atoms with Gasteiger partial charge in [-0.05, 0) is 31.4 Å². The summed E-state index contributed by atoms with van der Waals surface area (Å²) in [5.41, 5.74) is 5.28. The molecule has 84 valence electrons. The SMILES string of the molecule is CCCCCNC(CCSC)C(N)=O. The van der Waals surface area contributed by atoms with Gasteiger partial charge in [0.05, 0.1) is 6.04 Å². The van der Waals surface area contributed by atoms with Crippen LogP contribution < -0.4 is 11.1 Å². The van der Waals surface area contributed by atoms with Gasteiger partial charge in [0, 0.05) is 0 Å². The van der Waals surface area contributed by atoms with Gasteiger partial charge >= 0.3 is 0 Å². The van der Waals surface area contributed by atoms with Crippen molar-refractivity contribution in [3.8, 4) is 0 Å². The third kappa shape index (κ3) is 7.21. The Morgan fingerprint density at radius 1 is 1.50 bits per heavy atom. The smallest absolute Gasteiger partial charge is 0.234 e. The van der Waals surface area contributed by atoms with Crippen molar-refractivity contribution in [3.63, 3.8) is 0 Å². The summed E-state index contributed by atoms with van der Waals surface area (Å²) in [5.74, 6) is 0.754. The first-order chi connectivity index (χ1) is 6.72. The summed E-state index contributed by atoms with van der Waals surface area (Å²) in [6.07, 6.45) is 6.41. The Labute approximate surface area is 91.2 Å². The molecule has 4 heteroatoms. The van der Waals surface area contributed by atoms with Gasteiger partial charge in [0.15, 0.2) is 0 Å². The van der Waals surface area contributed by atoms with Crippen molar-refractivity contribution in [2.75, 3.05) is 18.6 Å². The minimum Gasteiger partial charge on any atom is -0.368 e. The van der Waals surface area contributed by atoms with E-state index >= 15 is 0 Å². The number of hydrogen-bond acceptors (Lipinski definition) is 3. The Hall–Kier alpha value is -0.220. The topological polar surface area (TPSA) is 55.1 Å². The van der Waals surface area contributed by atoms with E-state index in [0.29, 0.717) is 0 Å². The van der Waals surface area contributed by atoms with Crippen LogP contribution in [0.4, 0.5) is 0 Å². The molecular formula is C10H22N2OS. The number of carbonyl (C=O) groups is 1. The van der Waals surface area contributed by atoms with Crippen molar-refractivity contribution in [3.05, 3.63) is 0 Å². The second-order valence-electron chi connectivity index (χ2n) is 3.40. The lowest BCUT2D eigenvalue weighted by molar-refractivity contribution is -0.120. The maximum Gasteiger partial charge on any atom is 0.234 e. The molecule has 0 saturated carbocycles. The standard InChI is InChI=1S/C10H22N2OS/c1-3-4-5-7-12-9(10(11)13)6-8-14-2/h9,12H,3-8H2,1-2H3,(H2,11,13). The summed E-state index contributed by atoms with van der Waals surface area (Å²) in [5, 5.41) is 3.20. The average Bonchev–Trinajstić information content (AvgIpc) is 2.16. The number of nitrogens with two attached hydrogens (primary N) is 1. The first-order valence-corrected chi connectivity index (χ1v) is 6.63. The number of carbonyl (C=O) groups excluding carboxylic acids is 1. The number of nitrogens with one attached hydrogen (secondary N) is 1. The highest BCUT2D eigenvalue weighted by Crippen LogP contribution is 2.01. The largest absolute Gasteiger partial charge is 0.368 e. The molecule has 3 nitrogen and oxygen atoms in total. The molecule has 0 bridgehead atoms. The van der Waals surface area contributed by atoms with Crippen LogP contribution in [0.3, 0.4) is 0 Å². The van der Waals surface area contributed by atoms with Gasteiger partial charge in [0.2, 0.25) is 5.91 Å². The maximum absolute atomic E-state index is 11.0. The maximum atomic E-state index is 11.0. The van der Waals surface area contributed by atoms with Gasteiger partial charge in [-0.1, -0.05) is 19.8 Å². The number of hydrogen-bond donors (Lipinski definition) is 2. The van der Waals surface area contributed by atoms with Crippen molar-refractivity contribution in [1.29, 1.82) is 0 Å². The predicted octanol–water partition coefficient (Wildman–Crippen LogP) is 1.37. The monoisotopic (exact) mass is 218 g/mol. The van der Waals surface area contributed by atoms with Crippen molar-refractivity contribution in [2.45, 2.75) is 38.6 Å². The molecular weight excluding hydrogens is 196 g/mol. The molecule has 1 amide bonds. The number of unbranched alkanes of at least 4 members (excludes halogenated alkanes) is 2. The third-order valence-electron chi connectivity index (χ3n) is 2.13. The lowest BCUT2D eigenvalue weighted by atomic mass is 10.2. The Bertz CT molecular complexity index is 153. The van der Waals surface area contributed by atoms with Crippen LogP contribution in [0.1, 0.15) is 32.6 Å². The van der Waals surface area contributed by atoms with Crippen molar-refractivity contribution < 1.29 is 4.79 Å². The van der Waals surface area contributed by atoms with Crippen LogP contribution in [0.15, 0.2) is 0 Å². The quantitative estimate of drug-likeness (QED) is 0.575. The van der Waals surface area contributed by atoms with Gasteiger partial charge in [0.1, 0.15) is 0 Å². The third-order valence-corrected chi connectivity index (χ3v) is 2.77. The molecule has 0 rings (SSSR count). The molecule has 0 aliphatic rings. The van der Waals surface area contributed by atoms with Gasteiger partial charge in [-0.25, -0.2) is 0 Å². The molecule has 0 heterocycles. The van der Waals surface area contributed by atoms with Crippen LogP contribution in [-0.2, 0) is 4.79 Å². The molecule has 0 aromatic carbocycles. The molecule has 3 N–H and O–H groups in total. The molecule has 0 aliphatic carbocycles. The van der Waals surface area contributed by atoms with E-state index in [0.717, 1.165) is 25.1 Å². The van der Waals surface area contributed by atoms with Crippen LogP contribution >= 0.6 is 11.8 Å². The molecule has 0 radical (unpaired) electrons.